The Kier molecular flexibility index (Phi) is 9.21. The largest absolute Gasteiger partial charge is 0.491 e. The lowest BCUT2D eigenvalue weighted by molar-refractivity contribution is 0.280. The average Bonchev–Trinajstić information content (AvgIpc) is 3.06. The minimum absolute atomic E-state index is 0. The zero-order valence-corrected chi connectivity index (χ0v) is 16.7. The molecule has 0 spiro atoms. The molecule has 1 aromatic carbocycles. The van der Waals surface area contributed by atoms with E-state index in [4.69, 9.17) is 9.26 Å². The summed E-state index contributed by atoms with van der Waals surface area (Å²) in [5, 5.41) is 7.13. The first-order valence-electron chi connectivity index (χ1n) is 7.78. The number of guanidine groups is 1. The molecule has 6 nitrogen and oxygen atoms in total. The van der Waals surface area contributed by atoms with Crippen LogP contribution in [0.5, 0.6) is 5.75 Å². The van der Waals surface area contributed by atoms with Gasteiger partial charge < -0.3 is 19.5 Å². The van der Waals surface area contributed by atoms with E-state index in [0.717, 1.165) is 36.1 Å². The molecule has 1 aromatic heterocycles. The van der Waals surface area contributed by atoms with E-state index in [-0.39, 0.29) is 24.0 Å². The van der Waals surface area contributed by atoms with E-state index in [1.165, 1.54) is 0 Å². The van der Waals surface area contributed by atoms with Crippen molar-refractivity contribution in [3.63, 3.8) is 0 Å². The number of aliphatic imine (C=N–C) groups is 1. The number of hydrogen-bond donors (Lipinski definition) is 1. The molecule has 1 N–H and O–H groups in total. The van der Waals surface area contributed by atoms with Crippen LogP contribution in [0, 0.1) is 6.92 Å². The quantitative estimate of drug-likeness (QED) is 0.404. The van der Waals surface area contributed by atoms with Gasteiger partial charge in [-0.05, 0) is 25.5 Å². The number of para-hydroxylation sites is 1. The number of rotatable bonds is 7. The molecule has 2 rings (SSSR count). The van der Waals surface area contributed by atoms with Gasteiger partial charge in [-0.2, -0.15) is 0 Å². The molecule has 0 aliphatic heterocycles. The van der Waals surface area contributed by atoms with Crippen molar-refractivity contribution < 1.29 is 9.26 Å². The van der Waals surface area contributed by atoms with E-state index in [1.54, 1.807) is 6.26 Å². The van der Waals surface area contributed by atoms with Crippen LogP contribution in [0.1, 0.15) is 18.2 Å². The summed E-state index contributed by atoms with van der Waals surface area (Å²) < 4.78 is 10.7. The second-order valence-electron chi connectivity index (χ2n) is 5.20. The van der Waals surface area contributed by atoms with Crippen molar-refractivity contribution in [2.24, 2.45) is 4.99 Å². The van der Waals surface area contributed by atoms with Crippen molar-refractivity contribution >= 4 is 29.9 Å². The highest BCUT2D eigenvalue weighted by Crippen LogP contribution is 2.15. The van der Waals surface area contributed by atoms with Crippen LogP contribution in [0.3, 0.4) is 0 Å². The van der Waals surface area contributed by atoms with Crippen LogP contribution in [0.15, 0.2) is 46.1 Å². The van der Waals surface area contributed by atoms with E-state index in [0.29, 0.717) is 13.2 Å². The predicted molar refractivity (Wildman–Crippen MR) is 106 cm³/mol. The van der Waals surface area contributed by atoms with Crippen molar-refractivity contribution in [1.29, 1.82) is 0 Å². The Morgan fingerprint density at radius 2 is 2.12 bits per heavy atom. The number of nitrogens with one attached hydrogen (secondary N) is 1. The summed E-state index contributed by atoms with van der Waals surface area (Å²) >= 11 is 0. The molecule has 7 heteroatoms. The van der Waals surface area contributed by atoms with E-state index >= 15 is 0 Å². The Balaban J connectivity index is 0.00000288. The number of hydrogen-bond acceptors (Lipinski definition) is 4. The van der Waals surface area contributed by atoms with Gasteiger partial charge in [-0.3, -0.25) is 0 Å². The van der Waals surface area contributed by atoms with E-state index in [9.17, 15) is 0 Å². The Labute approximate surface area is 160 Å². The molecular formula is C17H25IN4O2. The van der Waals surface area contributed by atoms with Gasteiger partial charge in [0.1, 0.15) is 24.3 Å². The summed E-state index contributed by atoms with van der Waals surface area (Å²) in [6.07, 6.45) is 1.55. The maximum Gasteiger partial charge on any atom is 0.194 e. The van der Waals surface area contributed by atoms with E-state index in [1.807, 2.05) is 56.1 Å². The van der Waals surface area contributed by atoms with E-state index < -0.39 is 0 Å². The zero-order chi connectivity index (χ0) is 16.5. The normalized spacial score (nSPS) is 10.9. The molecule has 0 aliphatic rings. The van der Waals surface area contributed by atoms with Crippen molar-refractivity contribution in [2.45, 2.75) is 20.4 Å². The smallest absolute Gasteiger partial charge is 0.194 e. The number of halogens is 1. The van der Waals surface area contributed by atoms with Crippen LogP contribution < -0.4 is 10.1 Å². The first kappa shape index (κ1) is 20.3. The fraction of sp³-hybridized carbons (Fsp3) is 0.412. The first-order chi connectivity index (χ1) is 11.2. The lowest BCUT2D eigenvalue weighted by Gasteiger charge is -2.22. The lowest BCUT2D eigenvalue weighted by Crippen LogP contribution is -2.40. The molecule has 24 heavy (non-hydrogen) atoms. The third-order valence-corrected chi connectivity index (χ3v) is 3.36. The fourth-order valence-electron chi connectivity index (χ4n) is 2.06. The van der Waals surface area contributed by atoms with Gasteiger partial charge >= 0.3 is 0 Å². The summed E-state index contributed by atoms with van der Waals surface area (Å²) in [6, 6.07) is 9.83. The summed E-state index contributed by atoms with van der Waals surface area (Å²) in [7, 11) is 1.99. The van der Waals surface area contributed by atoms with Gasteiger partial charge in [0.2, 0.25) is 0 Å². The summed E-state index contributed by atoms with van der Waals surface area (Å²) in [5.41, 5.74) is 1.95. The Bertz CT molecular complexity index is 617. The topological polar surface area (TPSA) is 62.9 Å². The van der Waals surface area contributed by atoms with E-state index in [2.05, 4.69) is 15.5 Å². The molecule has 0 atom stereocenters. The van der Waals surface area contributed by atoms with Crippen LogP contribution in [0.4, 0.5) is 0 Å². The van der Waals surface area contributed by atoms with Crippen LogP contribution in [0.25, 0.3) is 0 Å². The summed E-state index contributed by atoms with van der Waals surface area (Å²) in [5.74, 6) is 1.74. The summed E-state index contributed by atoms with van der Waals surface area (Å²) in [6.45, 7) is 6.71. The van der Waals surface area contributed by atoms with Crippen LogP contribution in [-0.2, 0) is 6.54 Å². The highest BCUT2D eigenvalue weighted by atomic mass is 127. The van der Waals surface area contributed by atoms with Gasteiger partial charge in [-0.1, -0.05) is 23.4 Å². The van der Waals surface area contributed by atoms with Crippen molar-refractivity contribution in [1.82, 2.24) is 15.4 Å². The second-order valence-corrected chi connectivity index (χ2v) is 5.20. The molecule has 0 fully saturated rings. The molecule has 0 amide bonds. The highest BCUT2D eigenvalue weighted by molar-refractivity contribution is 14.0. The van der Waals surface area contributed by atoms with Crippen LogP contribution in [-0.4, -0.2) is 42.8 Å². The number of ether oxygens (including phenoxy) is 1. The number of aromatic nitrogens is 1. The SMILES string of the molecule is CCNC(=NCc1ccon1)N(C)CCOc1ccccc1C.I. The molecule has 132 valence electrons. The molecule has 0 aliphatic carbocycles. The van der Waals surface area contributed by atoms with Crippen molar-refractivity contribution in [3.8, 4) is 5.75 Å². The van der Waals surface area contributed by atoms with Gasteiger partial charge in [-0.15, -0.1) is 24.0 Å². The minimum atomic E-state index is 0. The molecule has 1 heterocycles. The monoisotopic (exact) mass is 444 g/mol. The molecule has 0 saturated carbocycles. The molecule has 0 unspecified atom stereocenters. The maximum atomic E-state index is 5.83. The van der Waals surface area contributed by atoms with Crippen LogP contribution >= 0.6 is 24.0 Å². The second kappa shape index (κ2) is 10.9. The average molecular weight is 444 g/mol. The zero-order valence-electron chi connectivity index (χ0n) is 14.4. The standard InChI is InChI=1S/C17H24N4O2.HI/c1-4-18-17(19-13-15-9-11-23-20-15)21(3)10-12-22-16-8-6-5-7-14(16)2;/h5-9,11H,4,10,12-13H2,1-3H3,(H,18,19);1H. The fourth-order valence-corrected chi connectivity index (χ4v) is 2.06. The predicted octanol–water partition coefficient (Wildman–Crippen LogP) is 3.08. The molecule has 2 aromatic rings. The lowest BCUT2D eigenvalue weighted by atomic mass is 10.2. The third kappa shape index (κ3) is 6.38. The number of benzene rings is 1. The molecular weight excluding hydrogens is 419 g/mol. The number of nitrogens with zero attached hydrogens (tertiary/aromatic N) is 3. The Morgan fingerprint density at radius 1 is 1.33 bits per heavy atom. The molecule has 0 bridgehead atoms. The van der Waals surface area contributed by atoms with Gasteiger partial charge in [0.15, 0.2) is 5.96 Å². The maximum absolute atomic E-state index is 5.83. The van der Waals surface area contributed by atoms with Gasteiger partial charge in [-0.25, -0.2) is 4.99 Å². The number of aryl methyl sites for hydroxylation is 1. The van der Waals surface area contributed by atoms with Gasteiger partial charge in [0.25, 0.3) is 0 Å². The summed E-state index contributed by atoms with van der Waals surface area (Å²) in [4.78, 5) is 6.60. The molecule has 0 radical (unpaired) electrons. The molecule has 0 saturated heterocycles. The Morgan fingerprint density at radius 3 is 2.79 bits per heavy atom. The van der Waals surface area contributed by atoms with Gasteiger partial charge in [0, 0.05) is 19.7 Å². The first-order valence-corrected chi connectivity index (χ1v) is 7.78. The minimum Gasteiger partial charge on any atom is -0.491 e. The Hall–Kier alpha value is -1.77. The van der Waals surface area contributed by atoms with Gasteiger partial charge in [0.05, 0.1) is 13.1 Å². The van der Waals surface area contributed by atoms with Crippen LogP contribution in [0.2, 0.25) is 0 Å². The van der Waals surface area contributed by atoms with Crippen molar-refractivity contribution in [2.75, 3.05) is 26.7 Å². The third-order valence-electron chi connectivity index (χ3n) is 3.36. The van der Waals surface area contributed by atoms with Crippen molar-refractivity contribution in [3.05, 3.63) is 47.9 Å². The number of likely N-dealkylation sites (N-methyl/N-ethyl adjacent to an activating group) is 1. The highest BCUT2D eigenvalue weighted by Gasteiger charge is 2.07.